The van der Waals surface area contributed by atoms with Crippen LogP contribution in [-0.2, 0) is 43.0 Å². The molecule has 0 aromatic carbocycles. The topological polar surface area (TPSA) is 207 Å². The van der Waals surface area contributed by atoms with E-state index in [0.29, 0.717) is 25.3 Å². The summed E-state index contributed by atoms with van der Waals surface area (Å²) in [5, 5.41) is 5.99. The van der Waals surface area contributed by atoms with E-state index in [1.807, 2.05) is 41.5 Å². The second kappa shape index (κ2) is 25.4. The second-order valence-electron chi connectivity index (χ2n) is 15.1. The Morgan fingerprint density at radius 3 is 1.46 bits per heavy atom. The highest BCUT2D eigenvalue weighted by Crippen LogP contribution is 2.27. The number of carbonyl (C=O) groups excluding carboxylic acids is 9. The number of nitrogens with zero attached hydrogens (tertiary/aromatic N) is 5. The lowest BCUT2D eigenvalue weighted by molar-refractivity contribution is -0.193. The Labute approximate surface area is 308 Å². The van der Waals surface area contributed by atoms with E-state index in [2.05, 4.69) is 5.10 Å². The molecule has 1 heterocycles. The maximum Gasteiger partial charge on any atom is 0.410 e. The normalized spacial score (nSPS) is 13.6. The van der Waals surface area contributed by atoms with Crippen molar-refractivity contribution in [3.63, 3.8) is 0 Å². The van der Waals surface area contributed by atoms with Crippen molar-refractivity contribution in [2.75, 3.05) is 47.8 Å². The first-order valence-electron chi connectivity index (χ1n) is 16.8. The summed E-state index contributed by atoms with van der Waals surface area (Å²) in [5.41, 5.74) is -0.689. The van der Waals surface area contributed by atoms with Gasteiger partial charge in [-0.25, -0.2) is 19.4 Å². The molecule has 1 aliphatic carbocycles. The number of hydrogen-bond donors (Lipinski definition) is 0. The van der Waals surface area contributed by atoms with Crippen LogP contribution in [0.5, 0.6) is 0 Å². The lowest BCUT2D eigenvalue weighted by atomic mass is 10.1. The molecule has 298 valence electrons. The van der Waals surface area contributed by atoms with Gasteiger partial charge >= 0.3 is 30.6 Å². The van der Waals surface area contributed by atoms with Crippen LogP contribution in [0.15, 0.2) is 5.10 Å². The molecular weight excluding hydrogens is 682 g/mol. The highest BCUT2D eigenvalue weighted by molar-refractivity contribution is 6.06. The minimum absolute atomic E-state index is 0.0263. The summed E-state index contributed by atoms with van der Waals surface area (Å²) in [5.74, 6) is 0.647. The molecule has 1 saturated carbocycles. The quantitative estimate of drug-likeness (QED) is 0.323. The zero-order valence-corrected chi connectivity index (χ0v) is 33.6. The minimum atomic E-state index is -0.521. The fourth-order valence-corrected chi connectivity index (χ4v) is 4.01. The molecule has 0 N–H and O–H groups in total. The molecule has 0 saturated heterocycles. The van der Waals surface area contributed by atoms with Gasteiger partial charge in [-0.3, -0.25) is 9.59 Å². The van der Waals surface area contributed by atoms with Gasteiger partial charge in [0.1, 0.15) is 16.8 Å². The number of hydrogen-bond acceptors (Lipinski definition) is 13. The van der Waals surface area contributed by atoms with Gasteiger partial charge in [0, 0.05) is 41.2 Å². The van der Waals surface area contributed by atoms with E-state index in [4.69, 9.17) is 33.4 Å². The van der Waals surface area contributed by atoms with Gasteiger partial charge in [0.15, 0.2) is 5.78 Å². The Bertz CT molecular complexity index is 1220. The smallest absolute Gasteiger partial charge is 0.410 e. The summed E-state index contributed by atoms with van der Waals surface area (Å²) in [4.78, 5) is 93.9. The van der Waals surface area contributed by atoms with Crippen LogP contribution in [0.2, 0.25) is 0 Å². The van der Waals surface area contributed by atoms with E-state index < -0.39 is 23.4 Å². The third-order valence-corrected chi connectivity index (χ3v) is 6.21. The molecule has 0 aromatic rings. The molecule has 0 spiro atoms. The molecule has 0 bridgehead atoms. The van der Waals surface area contributed by atoms with Crippen LogP contribution in [0, 0.1) is 5.92 Å². The first-order chi connectivity index (χ1) is 23.7. The number of ketones is 1. The molecule has 4 amide bonds. The van der Waals surface area contributed by atoms with E-state index in [-0.39, 0.29) is 42.2 Å². The van der Waals surface area contributed by atoms with Crippen LogP contribution in [0.3, 0.4) is 0 Å². The monoisotopic (exact) mass is 743 g/mol. The van der Waals surface area contributed by atoms with Crippen molar-refractivity contribution in [3.8, 4) is 0 Å². The third-order valence-electron chi connectivity index (χ3n) is 6.21. The van der Waals surface area contributed by atoms with Crippen LogP contribution < -0.4 is 0 Å². The Hall–Kier alpha value is -4.62. The van der Waals surface area contributed by atoms with Gasteiger partial charge in [-0.1, -0.05) is 19.8 Å². The largest absolute Gasteiger partial charge is 0.444 e. The maximum absolute atomic E-state index is 12.0. The SMILES string of the molecule is CCC(=O)CN(C)C(=O)OC(C)(C)C.CN(C)C(=O)OC(C)(C)C.CN(CC1=NN(CC2CCCC2)C(=O)C1)C(=O)OC(C)(C)C.O=C=O.O=C=O. The summed E-state index contributed by atoms with van der Waals surface area (Å²) in [6.45, 7) is 19.3. The van der Waals surface area contributed by atoms with E-state index in [0.717, 1.165) is 12.3 Å². The molecule has 1 aliphatic heterocycles. The Morgan fingerprint density at radius 1 is 0.731 bits per heavy atom. The highest BCUT2D eigenvalue weighted by atomic mass is 16.6. The van der Waals surface area contributed by atoms with Gasteiger partial charge in [-0.15, -0.1) is 0 Å². The number of amides is 4. The number of likely N-dealkylation sites (N-methyl/N-ethyl adjacent to an activating group) is 1. The lowest BCUT2D eigenvalue weighted by Gasteiger charge is -2.24. The first kappa shape index (κ1) is 51.7. The Balaban J connectivity index is -0.000000688. The molecular formula is C35H61N5O12. The van der Waals surface area contributed by atoms with Crippen molar-refractivity contribution >= 4 is 48.0 Å². The fourth-order valence-electron chi connectivity index (χ4n) is 4.01. The summed E-state index contributed by atoms with van der Waals surface area (Å²) in [7, 11) is 6.55. The zero-order valence-electron chi connectivity index (χ0n) is 33.6. The first-order valence-corrected chi connectivity index (χ1v) is 16.8. The molecule has 52 heavy (non-hydrogen) atoms. The molecule has 0 radical (unpaired) electrons. The van der Waals surface area contributed by atoms with Crippen molar-refractivity contribution in [2.45, 2.75) is 125 Å². The molecule has 1 fully saturated rings. The number of hydrazone groups is 1. The number of rotatable bonds is 7. The third kappa shape index (κ3) is 29.1. The minimum Gasteiger partial charge on any atom is -0.444 e. The molecule has 0 unspecified atom stereocenters. The number of Topliss-reactive ketones (excluding diaryl/α,β-unsaturated/α-hetero) is 1. The van der Waals surface area contributed by atoms with Crippen molar-refractivity contribution in [3.05, 3.63) is 0 Å². The zero-order chi connectivity index (χ0) is 41.5. The van der Waals surface area contributed by atoms with Crippen LogP contribution in [0.1, 0.15) is 108 Å². The number of carbonyl (C=O) groups is 5. The van der Waals surface area contributed by atoms with E-state index in [9.17, 15) is 24.0 Å². The van der Waals surface area contributed by atoms with Crippen LogP contribution >= 0.6 is 0 Å². The summed E-state index contributed by atoms with van der Waals surface area (Å²) in [6, 6.07) is 0. The Kier molecular flexibility index (Phi) is 25.2. The summed E-state index contributed by atoms with van der Waals surface area (Å²) in [6.07, 6.45) is 4.98. The Morgan fingerprint density at radius 2 is 1.12 bits per heavy atom. The predicted octanol–water partition coefficient (Wildman–Crippen LogP) is 4.78. The molecule has 0 aromatic heterocycles. The van der Waals surface area contributed by atoms with E-state index in [1.165, 1.54) is 40.4 Å². The molecule has 2 aliphatic rings. The van der Waals surface area contributed by atoms with E-state index >= 15 is 0 Å². The lowest BCUT2D eigenvalue weighted by Crippen LogP contribution is -2.37. The highest BCUT2D eigenvalue weighted by Gasteiger charge is 2.29. The standard InChI is InChI=1S/C16H27N3O3.C10H19NO3.C7H15NO2.2CO2/c1-16(2,3)22-15(21)18(4)11-13-9-14(20)19(17-13)10-12-7-5-6-8-12;1-6-8(12)7-11(5)9(13)14-10(2,3)4;1-7(2,3)10-6(9)8(4)5;2*2-1-3/h12H,5-11H2,1-4H3;6-7H2,1-5H3;1-5H3;;. The summed E-state index contributed by atoms with van der Waals surface area (Å²) < 4.78 is 15.4. The van der Waals surface area contributed by atoms with Gasteiger partial charge in [0.05, 0.1) is 25.2 Å². The molecule has 0 atom stereocenters. The number of ether oxygens (including phenoxy) is 3. The second-order valence-corrected chi connectivity index (χ2v) is 15.1. The van der Waals surface area contributed by atoms with Gasteiger partial charge < -0.3 is 28.9 Å². The van der Waals surface area contributed by atoms with E-state index in [1.54, 1.807) is 60.9 Å². The van der Waals surface area contributed by atoms with Crippen molar-refractivity contribution in [1.82, 2.24) is 19.7 Å². The molecule has 17 nitrogen and oxygen atoms in total. The van der Waals surface area contributed by atoms with Gasteiger partial charge in [0.25, 0.3) is 0 Å². The van der Waals surface area contributed by atoms with Gasteiger partial charge in [-0.2, -0.15) is 24.3 Å². The molecule has 2 rings (SSSR count). The van der Waals surface area contributed by atoms with Crippen LogP contribution in [0.25, 0.3) is 0 Å². The maximum atomic E-state index is 12.0. The van der Waals surface area contributed by atoms with Crippen LogP contribution in [0.4, 0.5) is 14.4 Å². The van der Waals surface area contributed by atoms with Crippen molar-refractivity contribution < 1.29 is 57.4 Å². The summed E-state index contributed by atoms with van der Waals surface area (Å²) >= 11 is 0. The fraction of sp³-hybridized carbons (Fsp3) is 0.771. The van der Waals surface area contributed by atoms with Gasteiger partial charge in [-0.05, 0) is 81.1 Å². The van der Waals surface area contributed by atoms with Crippen molar-refractivity contribution in [2.24, 2.45) is 11.0 Å². The average molecular weight is 744 g/mol. The predicted molar refractivity (Wildman–Crippen MR) is 189 cm³/mol. The molecule has 17 heteroatoms. The average Bonchev–Trinajstić information content (AvgIpc) is 3.61. The van der Waals surface area contributed by atoms with Gasteiger partial charge in [0.2, 0.25) is 5.91 Å². The van der Waals surface area contributed by atoms with Crippen molar-refractivity contribution in [1.29, 1.82) is 0 Å². The van der Waals surface area contributed by atoms with Crippen LogP contribution in [-0.4, -0.2) is 132 Å².